The van der Waals surface area contributed by atoms with Crippen LogP contribution in [0, 0.1) is 0 Å². The summed E-state index contributed by atoms with van der Waals surface area (Å²) in [7, 11) is 4.12. The second-order valence-corrected chi connectivity index (χ2v) is 6.98. The van der Waals surface area contributed by atoms with Crippen LogP contribution in [-0.4, -0.2) is 31.4 Å². The third kappa shape index (κ3) is 4.93. The molecule has 134 valence electrons. The molecule has 0 aromatic heterocycles. The van der Waals surface area contributed by atoms with E-state index in [-0.39, 0.29) is 11.9 Å². The first-order chi connectivity index (χ1) is 12.6. The van der Waals surface area contributed by atoms with Crippen molar-refractivity contribution in [3.8, 4) is 0 Å². The normalized spacial score (nSPS) is 12.3. The highest BCUT2D eigenvalue weighted by molar-refractivity contribution is 5.83. The number of rotatable bonds is 7. The molecule has 0 radical (unpaired) electrons. The molecule has 3 heteroatoms. The van der Waals surface area contributed by atoms with Gasteiger partial charge < -0.3 is 10.2 Å². The molecule has 0 aliphatic rings. The van der Waals surface area contributed by atoms with Crippen LogP contribution in [0.1, 0.15) is 23.6 Å². The number of carbonyl (C=O) groups is 1. The van der Waals surface area contributed by atoms with E-state index in [1.54, 1.807) is 0 Å². The minimum atomic E-state index is 0.0122. The second kappa shape index (κ2) is 8.63. The van der Waals surface area contributed by atoms with E-state index in [0.29, 0.717) is 6.42 Å². The van der Waals surface area contributed by atoms with Crippen molar-refractivity contribution in [3.63, 3.8) is 0 Å². The van der Waals surface area contributed by atoms with Gasteiger partial charge in [0.25, 0.3) is 0 Å². The van der Waals surface area contributed by atoms with Gasteiger partial charge in [0.2, 0.25) is 5.91 Å². The fourth-order valence-corrected chi connectivity index (χ4v) is 3.16. The molecule has 0 heterocycles. The quantitative estimate of drug-likeness (QED) is 0.696. The van der Waals surface area contributed by atoms with Gasteiger partial charge in [0.1, 0.15) is 0 Å². The first-order valence-electron chi connectivity index (χ1n) is 9.08. The van der Waals surface area contributed by atoms with E-state index in [1.165, 1.54) is 10.8 Å². The molecule has 0 aliphatic heterocycles. The Bertz CT molecular complexity index is 858. The molecule has 26 heavy (non-hydrogen) atoms. The van der Waals surface area contributed by atoms with Gasteiger partial charge in [-0.05, 0) is 55.0 Å². The summed E-state index contributed by atoms with van der Waals surface area (Å²) in [6.07, 6.45) is 1.29. The zero-order valence-electron chi connectivity index (χ0n) is 15.5. The summed E-state index contributed by atoms with van der Waals surface area (Å²) in [5.41, 5.74) is 2.20. The molecular formula is C23H26N2O. The zero-order valence-corrected chi connectivity index (χ0v) is 15.5. The number of fused-ring (bicyclic) bond motifs is 1. The number of nitrogens with one attached hydrogen (secondary N) is 1. The molecule has 1 N–H and O–H groups in total. The molecule has 0 saturated carbocycles. The highest BCUT2D eigenvalue weighted by Gasteiger charge is 2.15. The van der Waals surface area contributed by atoms with Gasteiger partial charge in [0.05, 0.1) is 12.5 Å². The summed E-state index contributed by atoms with van der Waals surface area (Å²) < 4.78 is 0. The maximum absolute atomic E-state index is 12.6. The topological polar surface area (TPSA) is 32.3 Å². The third-order valence-corrected chi connectivity index (χ3v) is 4.58. The third-order valence-electron chi connectivity index (χ3n) is 4.58. The van der Waals surface area contributed by atoms with Crippen LogP contribution in [0.2, 0.25) is 0 Å². The van der Waals surface area contributed by atoms with Gasteiger partial charge in [-0.2, -0.15) is 0 Å². The highest BCUT2D eigenvalue weighted by atomic mass is 16.1. The van der Waals surface area contributed by atoms with E-state index in [9.17, 15) is 4.79 Å². The summed E-state index contributed by atoms with van der Waals surface area (Å²) in [5, 5.41) is 5.66. The van der Waals surface area contributed by atoms with Crippen LogP contribution in [0.5, 0.6) is 0 Å². The maximum atomic E-state index is 12.6. The van der Waals surface area contributed by atoms with E-state index in [0.717, 1.165) is 24.1 Å². The van der Waals surface area contributed by atoms with E-state index < -0.39 is 0 Å². The van der Waals surface area contributed by atoms with Crippen molar-refractivity contribution in [1.29, 1.82) is 0 Å². The van der Waals surface area contributed by atoms with Crippen LogP contribution in [0.15, 0.2) is 72.8 Å². The Labute approximate surface area is 155 Å². The number of hydrogen-bond donors (Lipinski definition) is 1. The van der Waals surface area contributed by atoms with Crippen LogP contribution in [-0.2, 0) is 11.2 Å². The number of hydrogen-bond acceptors (Lipinski definition) is 2. The Morgan fingerprint density at radius 3 is 2.35 bits per heavy atom. The average Bonchev–Trinajstić information content (AvgIpc) is 2.65. The lowest BCUT2D eigenvalue weighted by Gasteiger charge is -2.22. The lowest BCUT2D eigenvalue weighted by atomic mass is 9.99. The fourth-order valence-electron chi connectivity index (χ4n) is 3.16. The molecule has 1 atom stereocenters. The lowest BCUT2D eigenvalue weighted by molar-refractivity contribution is -0.121. The number of nitrogens with zero attached hydrogens (tertiary/aromatic N) is 1. The maximum Gasteiger partial charge on any atom is 0.224 e. The summed E-state index contributed by atoms with van der Waals surface area (Å²) in [4.78, 5) is 14.7. The van der Waals surface area contributed by atoms with E-state index in [4.69, 9.17) is 0 Å². The zero-order chi connectivity index (χ0) is 18.4. The van der Waals surface area contributed by atoms with E-state index in [1.807, 2.05) is 36.4 Å². The van der Waals surface area contributed by atoms with Crippen LogP contribution < -0.4 is 5.32 Å². The van der Waals surface area contributed by atoms with Crippen molar-refractivity contribution >= 4 is 16.7 Å². The molecule has 0 spiro atoms. The lowest BCUT2D eigenvalue weighted by Crippen LogP contribution is -2.32. The first kappa shape index (κ1) is 18.2. The molecule has 3 aromatic carbocycles. The van der Waals surface area contributed by atoms with Gasteiger partial charge in [-0.15, -0.1) is 0 Å². The van der Waals surface area contributed by atoms with Crippen LogP contribution in [0.25, 0.3) is 10.8 Å². The minimum absolute atomic E-state index is 0.0122. The predicted molar refractivity (Wildman–Crippen MR) is 108 cm³/mol. The van der Waals surface area contributed by atoms with Crippen molar-refractivity contribution < 1.29 is 4.79 Å². The van der Waals surface area contributed by atoms with Crippen molar-refractivity contribution in [2.24, 2.45) is 0 Å². The Balaban J connectivity index is 1.78. The number of amides is 1. The van der Waals surface area contributed by atoms with Crippen LogP contribution in [0.4, 0.5) is 0 Å². The Morgan fingerprint density at radius 1 is 0.923 bits per heavy atom. The molecule has 0 fully saturated rings. The van der Waals surface area contributed by atoms with Gasteiger partial charge in [-0.25, -0.2) is 0 Å². The van der Waals surface area contributed by atoms with Gasteiger partial charge >= 0.3 is 0 Å². The first-order valence-corrected chi connectivity index (χ1v) is 9.08. The molecule has 0 aliphatic carbocycles. The second-order valence-electron chi connectivity index (χ2n) is 6.98. The van der Waals surface area contributed by atoms with Crippen LogP contribution in [0.3, 0.4) is 0 Å². The molecule has 3 rings (SSSR count). The van der Waals surface area contributed by atoms with E-state index in [2.05, 4.69) is 60.7 Å². The van der Waals surface area contributed by atoms with Crippen LogP contribution >= 0.6 is 0 Å². The fraction of sp³-hybridized carbons (Fsp3) is 0.261. The molecule has 1 unspecified atom stereocenters. The SMILES string of the molecule is CN(C)CCC(NC(=O)Cc1ccccc1)c1ccc2ccccc2c1. The van der Waals surface area contributed by atoms with Crippen molar-refractivity contribution in [1.82, 2.24) is 10.2 Å². The Morgan fingerprint density at radius 2 is 1.62 bits per heavy atom. The van der Waals surface area contributed by atoms with Gasteiger partial charge in [-0.1, -0.05) is 66.7 Å². The van der Waals surface area contributed by atoms with Crippen molar-refractivity contribution in [2.45, 2.75) is 18.9 Å². The molecule has 0 bridgehead atoms. The van der Waals surface area contributed by atoms with Crippen molar-refractivity contribution in [3.05, 3.63) is 83.9 Å². The molecular weight excluding hydrogens is 320 g/mol. The summed E-state index contributed by atoms with van der Waals surface area (Å²) in [6.45, 7) is 0.920. The molecule has 3 aromatic rings. The molecule has 1 amide bonds. The Hall–Kier alpha value is -2.65. The standard InChI is InChI=1S/C23H26N2O/c1-25(2)15-14-22(24-23(26)16-18-8-4-3-5-9-18)21-13-12-19-10-6-7-11-20(19)17-21/h3-13,17,22H,14-16H2,1-2H3,(H,24,26). The number of benzene rings is 3. The minimum Gasteiger partial charge on any atom is -0.349 e. The largest absolute Gasteiger partial charge is 0.349 e. The molecule has 0 saturated heterocycles. The van der Waals surface area contributed by atoms with Crippen molar-refractivity contribution in [2.75, 3.05) is 20.6 Å². The highest BCUT2D eigenvalue weighted by Crippen LogP contribution is 2.23. The average molecular weight is 346 g/mol. The van der Waals surface area contributed by atoms with Gasteiger partial charge in [-0.3, -0.25) is 4.79 Å². The number of carbonyl (C=O) groups excluding carboxylic acids is 1. The summed E-state index contributed by atoms with van der Waals surface area (Å²) in [5.74, 6) is 0.0631. The molecule has 3 nitrogen and oxygen atoms in total. The Kier molecular flexibility index (Phi) is 6.03. The summed E-state index contributed by atoms with van der Waals surface area (Å²) >= 11 is 0. The summed E-state index contributed by atoms with van der Waals surface area (Å²) in [6, 6.07) is 24.7. The van der Waals surface area contributed by atoms with Gasteiger partial charge in [0, 0.05) is 0 Å². The van der Waals surface area contributed by atoms with Gasteiger partial charge in [0.15, 0.2) is 0 Å². The van der Waals surface area contributed by atoms with E-state index >= 15 is 0 Å². The monoisotopic (exact) mass is 346 g/mol. The smallest absolute Gasteiger partial charge is 0.224 e. The predicted octanol–water partition coefficient (Wildman–Crippen LogP) is 4.19.